The molecule has 0 atom stereocenters. The number of hydrogen-bond donors (Lipinski definition) is 1. The molecule has 1 aliphatic carbocycles. The highest BCUT2D eigenvalue weighted by molar-refractivity contribution is 6.30. The molecular weight excluding hydrogens is 454 g/mol. The standard InChI is InChI=1S/C25H22ClN5O3/c1-13-10-21-19(12-18(13)25(34)30-9-8-15-11-16(26)4-7-20(15)30)27-24(33)23-29-28-22(31(21)23)14-2-5-17(32)6-3-14/h4,7,10-12,14H,2-3,5-6,8-9H2,1H3,(H,27,33). The summed E-state index contributed by atoms with van der Waals surface area (Å²) < 4.78 is 1.79. The fraction of sp³-hybridized carbons (Fsp3) is 0.320. The van der Waals surface area contributed by atoms with E-state index in [1.165, 1.54) is 0 Å². The number of aromatic amines is 1. The van der Waals surface area contributed by atoms with Gasteiger partial charge in [0.1, 0.15) is 11.6 Å². The fourth-order valence-corrected chi connectivity index (χ4v) is 5.45. The number of aryl methyl sites for hydroxylation is 1. The average molecular weight is 476 g/mol. The Labute approximate surface area is 199 Å². The predicted octanol–water partition coefficient (Wildman–Crippen LogP) is 3.96. The minimum absolute atomic E-state index is 0.0623. The summed E-state index contributed by atoms with van der Waals surface area (Å²) in [5.41, 5.74) is 4.41. The molecule has 8 nitrogen and oxygen atoms in total. The normalized spacial score (nSPS) is 16.5. The second-order valence-electron chi connectivity index (χ2n) is 9.15. The van der Waals surface area contributed by atoms with Gasteiger partial charge in [-0.1, -0.05) is 11.6 Å². The van der Waals surface area contributed by atoms with Crippen LogP contribution < -0.4 is 10.5 Å². The number of H-pyrrole nitrogens is 1. The first-order valence-corrected chi connectivity index (χ1v) is 11.8. The van der Waals surface area contributed by atoms with Crippen LogP contribution in [0.15, 0.2) is 35.1 Å². The molecule has 1 amide bonds. The number of carbonyl (C=O) groups excluding carboxylic acids is 2. The highest BCUT2D eigenvalue weighted by Gasteiger charge is 2.29. The van der Waals surface area contributed by atoms with Crippen molar-refractivity contribution in [1.29, 1.82) is 0 Å². The molecule has 1 N–H and O–H groups in total. The molecule has 1 saturated carbocycles. The molecule has 2 aliphatic rings. The van der Waals surface area contributed by atoms with Crippen LogP contribution in [0.2, 0.25) is 5.02 Å². The quantitative estimate of drug-likeness (QED) is 0.473. The van der Waals surface area contributed by atoms with E-state index in [-0.39, 0.29) is 28.8 Å². The van der Waals surface area contributed by atoms with Crippen LogP contribution in [0.5, 0.6) is 0 Å². The van der Waals surface area contributed by atoms with Gasteiger partial charge < -0.3 is 9.88 Å². The Bertz CT molecular complexity index is 1560. The molecule has 0 bridgehead atoms. The van der Waals surface area contributed by atoms with E-state index in [0.29, 0.717) is 54.2 Å². The van der Waals surface area contributed by atoms with Gasteiger partial charge in [-0.25, -0.2) is 0 Å². The Kier molecular flexibility index (Phi) is 4.81. The second-order valence-corrected chi connectivity index (χ2v) is 9.58. The summed E-state index contributed by atoms with van der Waals surface area (Å²) >= 11 is 6.12. The molecule has 4 aromatic rings. The number of amides is 1. The van der Waals surface area contributed by atoms with Crippen molar-refractivity contribution >= 4 is 45.7 Å². The van der Waals surface area contributed by atoms with Gasteiger partial charge in [-0.3, -0.25) is 18.8 Å². The first-order valence-electron chi connectivity index (χ1n) is 11.4. The lowest BCUT2D eigenvalue weighted by molar-refractivity contribution is -0.120. The molecule has 6 rings (SSSR count). The maximum atomic E-state index is 13.5. The number of carbonyl (C=O) groups is 2. The molecular formula is C25H22ClN5O3. The van der Waals surface area contributed by atoms with Gasteiger partial charge >= 0.3 is 0 Å². The average Bonchev–Trinajstić information content (AvgIpc) is 3.44. The second kappa shape index (κ2) is 7.77. The van der Waals surface area contributed by atoms with Crippen molar-refractivity contribution in [3.8, 4) is 0 Å². The van der Waals surface area contributed by atoms with Crippen LogP contribution in [-0.2, 0) is 11.2 Å². The zero-order valence-corrected chi connectivity index (χ0v) is 19.4. The highest BCUT2D eigenvalue weighted by atomic mass is 35.5. The van der Waals surface area contributed by atoms with Crippen molar-refractivity contribution < 1.29 is 9.59 Å². The van der Waals surface area contributed by atoms with E-state index in [2.05, 4.69) is 15.2 Å². The number of nitrogens with zero attached hydrogens (tertiary/aromatic N) is 4. The molecule has 0 saturated heterocycles. The van der Waals surface area contributed by atoms with Gasteiger partial charge in [0.05, 0.1) is 11.0 Å². The molecule has 1 fully saturated rings. The van der Waals surface area contributed by atoms with E-state index in [1.54, 1.807) is 21.4 Å². The molecule has 2 aromatic carbocycles. The third kappa shape index (κ3) is 3.24. The first kappa shape index (κ1) is 21.0. The van der Waals surface area contributed by atoms with E-state index >= 15 is 0 Å². The van der Waals surface area contributed by atoms with Gasteiger partial charge in [-0.15, -0.1) is 10.2 Å². The van der Waals surface area contributed by atoms with E-state index < -0.39 is 0 Å². The van der Waals surface area contributed by atoms with Crippen LogP contribution in [-0.4, -0.2) is 37.8 Å². The number of fused-ring (bicyclic) bond motifs is 4. The monoisotopic (exact) mass is 475 g/mol. The lowest BCUT2D eigenvalue weighted by Gasteiger charge is -2.21. The Balaban J connectivity index is 1.46. The van der Waals surface area contributed by atoms with Crippen molar-refractivity contribution in [1.82, 2.24) is 19.6 Å². The predicted molar refractivity (Wildman–Crippen MR) is 129 cm³/mol. The van der Waals surface area contributed by atoms with Gasteiger partial charge in [-0.05, 0) is 67.6 Å². The Morgan fingerprint density at radius 3 is 2.68 bits per heavy atom. The molecule has 2 aromatic heterocycles. The molecule has 1 aliphatic heterocycles. The molecule has 0 spiro atoms. The van der Waals surface area contributed by atoms with Crippen LogP contribution in [0.4, 0.5) is 5.69 Å². The van der Waals surface area contributed by atoms with E-state index in [9.17, 15) is 14.4 Å². The fourth-order valence-electron chi connectivity index (χ4n) is 5.26. The number of Topliss-reactive ketones (excluding diaryl/α,β-unsaturated/α-hetero) is 1. The van der Waals surface area contributed by atoms with Crippen LogP contribution in [0.3, 0.4) is 0 Å². The number of hydrogen-bond acceptors (Lipinski definition) is 5. The van der Waals surface area contributed by atoms with Crippen LogP contribution in [0, 0.1) is 6.92 Å². The molecule has 9 heteroatoms. The van der Waals surface area contributed by atoms with Gasteiger partial charge in [0.2, 0.25) is 5.65 Å². The third-order valence-electron chi connectivity index (χ3n) is 7.04. The van der Waals surface area contributed by atoms with Gasteiger partial charge in [0, 0.05) is 41.6 Å². The number of benzene rings is 2. The highest BCUT2D eigenvalue weighted by Crippen LogP contribution is 2.34. The summed E-state index contributed by atoms with van der Waals surface area (Å²) in [6.07, 6.45) is 3.17. The summed E-state index contributed by atoms with van der Waals surface area (Å²) in [7, 11) is 0. The van der Waals surface area contributed by atoms with E-state index in [0.717, 1.165) is 28.8 Å². The summed E-state index contributed by atoms with van der Waals surface area (Å²) in [5.74, 6) is 0.906. The van der Waals surface area contributed by atoms with Gasteiger partial charge in [0.25, 0.3) is 11.5 Å². The van der Waals surface area contributed by atoms with Crippen LogP contribution in [0.25, 0.3) is 16.7 Å². The van der Waals surface area contributed by atoms with E-state index in [1.807, 2.05) is 25.1 Å². The smallest absolute Gasteiger partial charge is 0.294 e. The van der Waals surface area contributed by atoms with Crippen molar-refractivity contribution in [2.24, 2.45) is 0 Å². The van der Waals surface area contributed by atoms with Crippen molar-refractivity contribution in [3.05, 3.63) is 68.2 Å². The van der Waals surface area contributed by atoms with E-state index in [4.69, 9.17) is 11.6 Å². The molecule has 3 heterocycles. The summed E-state index contributed by atoms with van der Waals surface area (Å²) in [4.78, 5) is 42.7. The molecule has 0 unspecified atom stereocenters. The zero-order chi connectivity index (χ0) is 23.6. The minimum atomic E-state index is -0.360. The third-order valence-corrected chi connectivity index (χ3v) is 7.28. The number of rotatable bonds is 2. The summed E-state index contributed by atoms with van der Waals surface area (Å²) in [5, 5.41) is 9.13. The maximum absolute atomic E-state index is 13.5. The van der Waals surface area contributed by atoms with Crippen molar-refractivity contribution in [2.45, 2.75) is 44.9 Å². The lowest BCUT2D eigenvalue weighted by atomic mass is 9.88. The maximum Gasteiger partial charge on any atom is 0.294 e. The zero-order valence-electron chi connectivity index (χ0n) is 18.6. The Morgan fingerprint density at radius 2 is 1.88 bits per heavy atom. The number of halogens is 1. The molecule has 0 radical (unpaired) electrons. The molecule has 172 valence electrons. The number of ketones is 1. The van der Waals surface area contributed by atoms with Crippen LogP contribution in [0.1, 0.15) is 58.9 Å². The SMILES string of the molecule is Cc1cc2c(cc1C(=O)N1CCc3cc(Cl)ccc31)[nH]c(=O)c1nnc(C3CCC(=O)CC3)n12. The number of anilines is 1. The van der Waals surface area contributed by atoms with Gasteiger partial charge in [-0.2, -0.15) is 0 Å². The number of nitrogens with one attached hydrogen (secondary N) is 1. The van der Waals surface area contributed by atoms with Crippen molar-refractivity contribution in [3.63, 3.8) is 0 Å². The Morgan fingerprint density at radius 1 is 1.09 bits per heavy atom. The number of aromatic nitrogens is 4. The van der Waals surface area contributed by atoms with Gasteiger partial charge in [0.15, 0.2) is 0 Å². The Hall–Kier alpha value is -3.52. The van der Waals surface area contributed by atoms with Crippen LogP contribution >= 0.6 is 11.6 Å². The summed E-state index contributed by atoms with van der Waals surface area (Å²) in [6, 6.07) is 9.22. The molecule has 34 heavy (non-hydrogen) atoms. The largest absolute Gasteiger partial charge is 0.317 e. The minimum Gasteiger partial charge on any atom is -0.317 e. The first-order chi connectivity index (χ1) is 16.4. The van der Waals surface area contributed by atoms with Crippen molar-refractivity contribution in [2.75, 3.05) is 11.4 Å². The lowest BCUT2D eigenvalue weighted by Crippen LogP contribution is -2.29. The topological polar surface area (TPSA) is 100 Å². The summed E-state index contributed by atoms with van der Waals surface area (Å²) in [6.45, 7) is 2.48.